The van der Waals surface area contributed by atoms with Gasteiger partial charge in [-0.1, -0.05) is 17.7 Å². The van der Waals surface area contributed by atoms with Gasteiger partial charge in [0.2, 0.25) is 0 Å². The van der Waals surface area contributed by atoms with Gasteiger partial charge in [0.1, 0.15) is 0 Å². The first-order valence-electron chi connectivity index (χ1n) is 4.97. The third-order valence-corrected chi connectivity index (χ3v) is 2.02. The Kier molecular flexibility index (Phi) is 5.82. The van der Waals surface area contributed by atoms with Crippen molar-refractivity contribution in [1.82, 2.24) is 4.98 Å². The Morgan fingerprint density at radius 2 is 2.38 bits per heavy atom. The summed E-state index contributed by atoms with van der Waals surface area (Å²) in [5, 5.41) is 3.10. The smallest absolute Gasteiger partial charge is 0.166 e. The molecule has 1 aromatic heterocycles. The molecule has 3 nitrogen and oxygen atoms in total. The Hall–Kier alpha value is -1.13. The maximum atomic E-state index is 13.2. The first-order chi connectivity index (χ1) is 7.74. The van der Waals surface area contributed by atoms with Crippen molar-refractivity contribution < 1.29 is 9.13 Å². The van der Waals surface area contributed by atoms with Crippen LogP contribution in [-0.2, 0) is 4.74 Å². The summed E-state index contributed by atoms with van der Waals surface area (Å²) in [5.74, 6) is -0.268. The van der Waals surface area contributed by atoms with Crippen LogP contribution in [0, 0.1) is 5.82 Å². The molecule has 1 heterocycles. The lowest BCUT2D eigenvalue weighted by molar-refractivity contribution is 0.149. The summed E-state index contributed by atoms with van der Waals surface area (Å²) in [5.41, 5.74) is 0. The molecule has 0 radical (unpaired) electrons. The van der Waals surface area contributed by atoms with Gasteiger partial charge in [-0.3, -0.25) is 0 Å². The van der Waals surface area contributed by atoms with Gasteiger partial charge in [-0.25, -0.2) is 9.37 Å². The topological polar surface area (TPSA) is 34.1 Å². The second-order valence-electron chi connectivity index (χ2n) is 3.10. The zero-order valence-corrected chi connectivity index (χ0v) is 9.63. The molecule has 0 aliphatic carbocycles. The van der Waals surface area contributed by atoms with Gasteiger partial charge in [-0.2, -0.15) is 0 Å². The van der Waals surface area contributed by atoms with Crippen LogP contribution in [0.2, 0.25) is 5.02 Å². The fraction of sp³-hybridized carbons (Fsp3) is 0.364. The zero-order chi connectivity index (χ0) is 11.8. The minimum absolute atomic E-state index is 0.191. The molecule has 0 unspecified atom stereocenters. The van der Waals surface area contributed by atoms with Crippen LogP contribution in [0.5, 0.6) is 0 Å². The van der Waals surface area contributed by atoms with E-state index in [4.69, 9.17) is 16.3 Å². The third-order valence-electron chi connectivity index (χ3n) is 1.81. The van der Waals surface area contributed by atoms with E-state index < -0.39 is 5.82 Å². The van der Waals surface area contributed by atoms with Crippen LogP contribution in [-0.4, -0.2) is 24.7 Å². The normalized spacial score (nSPS) is 10.1. The van der Waals surface area contributed by atoms with E-state index in [2.05, 4.69) is 16.9 Å². The van der Waals surface area contributed by atoms with E-state index >= 15 is 0 Å². The first kappa shape index (κ1) is 12.9. The number of nitrogens with one attached hydrogen (secondary N) is 1. The van der Waals surface area contributed by atoms with Crippen molar-refractivity contribution in [3.05, 3.63) is 35.8 Å². The lowest BCUT2D eigenvalue weighted by Gasteiger charge is -2.06. The summed E-state index contributed by atoms with van der Waals surface area (Å²) in [7, 11) is 0. The number of hydrogen-bond acceptors (Lipinski definition) is 3. The van der Waals surface area contributed by atoms with Crippen LogP contribution >= 0.6 is 11.6 Å². The molecule has 0 aromatic carbocycles. The number of nitrogens with zero attached hydrogens (tertiary/aromatic N) is 1. The molecular formula is C11H14ClFN2O. The lowest BCUT2D eigenvalue weighted by Crippen LogP contribution is -2.11. The van der Waals surface area contributed by atoms with Gasteiger partial charge < -0.3 is 10.1 Å². The van der Waals surface area contributed by atoms with Crippen molar-refractivity contribution in [2.45, 2.75) is 6.42 Å². The van der Waals surface area contributed by atoms with Gasteiger partial charge in [0.15, 0.2) is 11.6 Å². The van der Waals surface area contributed by atoms with Gasteiger partial charge >= 0.3 is 0 Å². The van der Waals surface area contributed by atoms with Crippen LogP contribution in [0.4, 0.5) is 10.2 Å². The first-order valence-corrected chi connectivity index (χ1v) is 5.35. The summed E-state index contributed by atoms with van der Waals surface area (Å²) < 4.78 is 18.5. The monoisotopic (exact) mass is 244 g/mol. The molecular weight excluding hydrogens is 231 g/mol. The molecule has 0 fully saturated rings. The predicted octanol–water partition coefficient (Wildman–Crippen LogP) is 2.88. The van der Waals surface area contributed by atoms with Crippen LogP contribution in [0.1, 0.15) is 6.42 Å². The Morgan fingerprint density at radius 3 is 3.06 bits per heavy atom. The molecule has 0 saturated carbocycles. The van der Waals surface area contributed by atoms with Crippen LogP contribution in [0.15, 0.2) is 24.9 Å². The maximum absolute atomic E-state index is 13.2. The molecule has 0 bridgehead atoms. The molecule has 1 N–H and O–H groups in total. The second-order valence-corrected chi connectivity index (χ2v) is 3.54. The van der Waals surface area contributed by atoms with E-state index in [1.165, 1.54) is 12.3 Å². The van der Waals surface area contributed by atoms with E-state index in [0.29, 0.717) is 19.8 Å². The number of aromatic nitrogens is 1. The number of ether oxygens (including phenoxy) is 1. The van der Waals surface area contributed by atoms with Crippen LogP contribution in [0.3, 0.4) is 0 Å². The minimum atomic E-state index is -0.460. The molecule has 0 amide bonds. The van der Waals surface area contributed by atoms with E-state index in [1.54, 1.807) is 6.08 Å². The van der Waals surface area contributed by atoms with Gasteiger partial charge in [0, 0.05) is 12.7 Å². The molecule has 5 heteroatoms. The molecule has 1 aromatic rings. The summed E-state index contributed by atoms with van der Waals surface area (Å²) in [6.07, 6.45) is 3.99. The summed E-state index contributed by atoms with van der Waals surface area (Å²) in [4.78, 5) is 3.82. The van der Waals surface area contributed by atoms with E-state index in [9.17, 15) is 4.39 Å². The fourth-order valence-electron chi connectivity index (χ4n) is 1.05. The molecule has 0 atom stereocenters. The summed E-state index contributed by atoms with van der Waals surface area (Å²) in [6.45, 7) is 5.21. The number of anilines is 1. The number of rotatable bonds is 7. The van der Waals surface area contributed by atoms with Crippen molar-refractivity contribution in [2.75, 3.05) is 25.1 Å². The Morgan fingerprint density at radius 1 is 1.56 bits per heavy atom. The van der Waals surface area contributed by atoms with Crippen LogP contribution < -0.4 is 5.32 Å². The average Bonchev–Trinajstić information content (AvgIpc) is 2.26. The van der Waals surface area contributed by atoms with Crippen molar-refractivity contribution in [1.29, 1.82) is 0 Å². The van der Waals surface area contributed by atoms with Gasteiger partial charge in [0.05, 0.1) is 18.2 Å². The third kappa shape index (κ3) is 4.59. The van der Waals surface area contributed by atoms with Crippen molar-refractivity contribution >= 4 is 17.4 Å². The fourth-order valence-corrected chi connectivity index (χ4v) is 1.20. The van der Waals surface area contributed by atoms with Crippen molar-refractivity contribution in [3.63, 3.8) is 0 Å². The Labute approximate surface area is 99.3 Å². The van der Waals surface area contributed by atoms with E-state index in [1.807, 2.05) is 0 Å². The Balaban J connectivity index is 2.24. The molecule has 0 aliphatic heterocycles. The highest BCUT2D eigenvalue weighted by Crippen LogP contribution is 2.14. The standard InChI is InChI=1S/C11H14ClFN2O/c1-2-3-5-16-6-4-14-11-10(13)7-9(12)8-15-11/h2,7-8H,1,3-6H2,(H,14,15). The zero-order valence-electron chi connectivity index (χ0n) is 8.88. The second kappa shape index (κ2) is 7.19. The number of halogens is 2. The average molecular weight is 245 g/mol. The minimum Gasteiger partial charge on any atom is -0.379 e. The highest BCUT2D eigenvalue weighted by atomic mass is 35.5. The number of pyridine rings is 1. The largest absolute Gasteiger partial charge is 0.379 e. The predicted molar refractivity (Wildman–Crippen MR) is 63.3 cm³/mol. The highest BCUT2D eigenvalue weighted by Gasteiger charge is 2.02. The molecule has 88 valence electrons. The molecule has 0 aliphatic rings. The van der Waals surface area contributed by atoms with E-state index in [0.717, 1.165) is 6.42 Å². The van der Waals surface area contributed by atoms with Crippen molar-refractivity contribution in [3.8, 4) is 0 Å². The SMILES string of the molecule is C=CCCOCCNc1ncc(Cl)cc1F. The van der Waals surface area contributed by atoms with Gasteiger partial charge in [-0.15, -0.1) is 6.58 Å². The Bertz CT molecular complexity index is 347. The maximum Gasteiger partial charge on any atom is 0.166 e. The van der Waals surface area contributed by atoms with Crippen molar-refractivity contribution in [2.24, 2.45) is 0 Å². The van der Waals surface area contributed by atoms with Gasteiger partial charge in [-0.05, 0) is 12.5 Å². The quantitative estimate of drug-likeness (QED) is 0.592. The summed E-state index contributed by atoms with van der Waals surface area (Å²) >= 11 is 5.57. The van der Waals surface area contributed by atoms with Crippen LogP contribution in [0.25, 0.3) is 0 Å². The van der Waals surface area contributed by atoms with Gasteiger partial charge in [0.25, 0.3) is 0 Å². The molecule has 1 rings (SSSR count). The lowest BCUT2D eigenvalue weighted by atomic mass is 10.4. The summed E-state index contributed by atoms with van der Waals surface area (Å²) in [6, 6.07) is 1.22. The molecule has 0 spiro atoms. The number of hydrogen-bond donors (Lipinski definition) is 1. The highest BCUT2D eigenvalue weighted by molar-refractivity contribution is 6.30. The molecule has 0 saturated heterocycles. The molecule has 16 heavy (non-hydrogen) atoms. The van der Waals surface area contributed by atoms with E-state index in [-0.39, 0.29) is 10.8 Å².